The van der Waals surface area contributed by atoms with Crippen LogP contribution in [0.1, 0.15) is 0 Å². The first-order valence-electron chi connectivity index (χ1n) is 11.1. The summed E-state index contributed by atoms with van der Waals surface area (Å²) in [6.45, 7) is 0. The Morgan fingerprint density at radius 3 is 1.94 bits per heavy atom. The third-order valence-electron chi connectivity index (χ3n) is 5.78. The van der Waals surface area contributed by atoms with E-state index in [4.69, 9.17) is 16.3 Å². The van der Waals surface area contributed by atoms with E-state index in [0.717, 1.165) is 38.4 Å². The van der Waals surface area contributed by atoms with E-state index in [0.29, 0.717) is 5.02 Å². The van der Waals surface area contributed by atoms with Crippen LogP contribution in [0.3, 0.4) is 0 Å². The molecule has 0 saturated carbocycles. The fourth-order valence-electron chi connectivity index (χ4n) is 4.16. The first-order chi connectivity index (χ1) is 16.8. The van der Waals surface area contributed by atoms with Crippen LogP contribution in [0.4, 0.5) is 17.1 Å². The highest BCUT2D eigenvalue weighted by atomic mass is 35.5. The lowest BCUT2D eigenvalue weighted by Crippen LogP contribution is -2.10. The lowest BCUT2D eigenvalue weighted by Gasteiger charge is -2.28. The Balaban J connectivity index is 1.44. The second kappa shape index (κ2) is 8.94. The monoisotopic (exact) mass is 477 g/mol. The number of fused-ring (bicyclic) bond motifs is 2. The molecule has 0 aromatic heterocycles. The highest BCUT2D eigenvalue weighted by Gasteiger charge is 2.23. The summed E-state index contributed by atoms with van der Waals surface area (Å²) in [6.07, 6.45) is 0. The maximum absolute atomic E-state index is 6.81. The standard InChI is InChI=1S/C30H20ClNOS/c31-26-19-25(20-28-30(26)34-29-14-8-7-13-27(29)33-28)32(23-11-5-2-6-12-23)24-17-15-22(16-18-24)21-9-3-1-4-10-21/h1-20H. The Kier molecular flexibility index (Phi) is 5.50. The Morgan fingerprint density at radius 1 is 0.559 bits per heavy atom. The average Bonchev–Trinajstić information content (AvgIpc) is 2.89. The van der Waals surface area contributed by atoms with Gasteiger partial charge in [0.05, 0.1) is 20.5 Å². The maximum Gasteiger partial charge on any atom is 0.145 e. The van der Waals surface area contributed by atoms with E-state index in [-0.39, 0.29) is 0 Å². The number of para-hydroxylation sites is 2. The van der Waals surface area contributed by atoms with Crippen molar-refractivity contribution in [2.45, 2.75) is 9.79 Å². The van der Waals surface area contributed by atoms with Crippen LogP contribution in [0.25, 0.3) is 11.1 Å². The summed E-state index contributed by atoms with van der Waals surface area (Å²) in [5.74, 6) is 1.62. The molecule has 1 heterocycles. The SMILES string of the molecule is Clc1cc(N(c2ccccc2)c2ccc(-c3ccccc3)cc2)cc2c1Sc1ccccc1O2. The van der Waals surface area contributed by atoms with Crippen LogP contribution in [0.5, 0.6) is 11.5 Å². The number of anilines is 3. The van der Waals surface area contributed by atoms with Crippen molar-refractivity contribution >= 4 is 40.4 Å². The van der Waals surface area contributed by atoms with Crippen LogP contribution in [-0.2, 0) is 0 Å². The molecule has 2 nitrogen and oxygen atoms in total. The van der Waals surface area contributed by atoms with Gasteiger partial charge in [-0.15, -0.1) is 0 Å². The van der Waals surface area contributed by atoms with Gasteiger partial charge in [-0.1, -0.05) is 96.2 Å². The third kappa shape index (κ3) is 3.94. The van der Waals surface area contributed by atoms with Gasteiger partial charge in [0, 0.05) is 17.4 Å². The van der Waals surface area contributed by atoms with Crippen LogP contribution in [-0.4, -0.2) is 0 Å². The second-order valence-electron chi connectivity index (χ2n) is 7.99. The van der Waals surface area contributed by atoms with Gasteiger partial charge < -0.3 is 9.64 Å². The zero-order valence-corrected chi connectivity index (χ0v) is 19.8. The lowest BCUT2D eigenvalue weighted by atomic mass is 10.0. The van der Waals surface area contributed by atoms with E-state index in [9.17, 15) is 0 Å². The molecular weight excluding hydrogens is 458 g/mol. The molecule has 1 aliphatic heterocycles. The molecule has 5 aromatic rings. The summed E-state index contributed by atoms with van der Waals surface area (Å²) in [5.41, 5.74) is 5.42. The molecule has 0 radical (unpaired) electrons. The van der Waals surface area contributed by atoms with Crippen molar-refractivity contribution in [3.05, 3.63) is 126 Å². The molecule has 0 fully saturated rings. The van der Waals surface area contributed by atoms with Gasteiger partial charge in [-0.25, -0.2) is 0 Å². The van der Waals surface area contributed by atoms with Gasteiger partial charge in [-0.3, -0.25) is 0 Å². The number of halogens is 1. The van der Waals surface area contributed by atoms with E-state index >= 15 is 0 Å². The van der Waals surface area contributed by atoms with Crippen LogP contribution in [0.15, 0.2) is 131 Å². The summed E-state index contributed by atoms with van der Waals surface area (Å²) in [7, 11) is 0. The average molecular weight is 478 g/mol. The molecule has 0 aliphatic carbocycles. The fourth-order valence-corrected chi connectivity index (χ4v) is 5.42. The molecule has 5 aromatic carbocycles. The molecule has 0 bridgehead atoms. The van der Waals surface area contributed by atoms with Crippen molar-refractivity contribution < 1.29 is 4.74 Å². The molecule has 4 heteroatoms. The van der Waals surface area contributed by atoms with Gasteiger partial charge in [0.25, 0.3) is 0 Å². The minimum atomic E-state index is 0.675. The first-order valence-corrected chi connectivity index (χ1v) is 12.2. The minimum absolute atomic E-state index is 0.675. The summed E-state index contributed by atoms with van der Waals surface area (Å²) >= 11 is 8.46. The van der Waals surface area contributed by atoms with Gasteiger partial charge in [0.15, 0.2) is 0 Å². The number of hydrogen-bond acceptors (Lipinski definition) is 3. The number of rotatable bonds is 4. The van der Waals surface area contributed by atoms with Gasteiger partial charge in [-0.2, -0.15) is 0 Å². The predicted octanol–water partition coefficient (Wildman–Crippen LogP) is 9.73. The third-order valence-corrected chi connectivity index (χ3v) is 7.37. The highest BCUT2D eigenvalue weighted by Crippen LogP contribution is 2.52. The highest BCUT2D eigenvalue weighted by molar-refractivity contribution is 7.99. The normalized spacial score (nSPS) is 11.8. The topological polar surface area (TPSA) is 12.5 Å². The molecular formula is C30H20ClNOS. The van der Waals surface area contributed by atoms with E-state index in [1.54, 1.807) is 11.8 Å². The van der Waals surface area contributed by atoms with Crippen LogP contribution in [0, 0.1) is 0 Å². The number of benzene rings is 5. The smallest absolute Gasteiger partial charge is 0.145 e. The van der Waals surface area contributed by atoms with Gasteiger partial charge in [0.2, 0.25) is 0 Å². The second-order valence-corrected chi connectivity index (χ2v) is 9.45. The Labute approximate surface area is 208 Å². The largest absolute Gasteiger partial charge is 0.455 e. The number of nitrogens with zero attached hydrogens (tertiary/aromatic N) is 1. The molecule has 1 aliphatic rings. The first kappa shape index (κ1) is 20.9. The van der Waals surface area contributed by atoms with Gasteiger partial charge >= 0.3 is 0 Å². The molecule has 0 saturated heterocycles. The molecule has 34 heavy (non-hydrogen) atoms. The van der Waals surface area contributed by atoms with Crippen LogP contribution < -0.4 is 9.64 Å². The van der Waals surface area contributed by atoms with Crippen molar-refractivity contribution in [3.63, 3.8) is 0 Å². The molecule has 0 amide bonds. The molecule has 6 rings (SSSR count). The Bertz CT molecular complexity index is 1450. The summed E-state index contributed by atoms with van der Waals surface area (Å²) < 4.78 is 6.27. The van der Waals surface area contributed by atoms with E-state index in [1.807, 2.05) is 48.5 Å². The van der Waals surface area contributed by atoms with E-state index < -0.39 is 0 Å². The summed E-state index contributed by atoms with van der Waals surface area (Å²) in [5, 5.41) is 0.675. The Morgan fingerprint density at radius 2 is 1.18 bits per heavy atom. The van der Waals surface area contributed by atoms with Gasteiger partial charge in [0.1, 0.15) is 11.5 Å². The molecule has 0 N–H and O–H groups in total. The summed E-state index contributed by atoms with van der Waals surface area (Å²) in [6, 6.07) is 41.5. The van der Waals surface area contributed by atoms with Crippen LogP contribution >= 0.6 is 23.4 Å². The van der Waals surface area contributed by atoms with Crippen molar-refractivity contribution in [2.24, 2.45) is 0 Å². The Hall–Kier alpha value is -3.66. The van der Waals surface area contributed by atoms with Crippen molar-refractivity contribution in [3.8, 4) is 22.6 Å². The van der Waals surface area contributed by atoms with Crippen molar-refractivity contribution in [1.82, 2.24) is 0 Å². The molecule has 0 spiro atoms. The fraction of sp³-hybridized carbons (Fsp3) is 0. The molecule has 0 atom stereocenters. The molecule has 0 unspecified atom stereocenters. The minimum Gasteiger partial charge on any atom is -0.455 e. The molecule has 164 valence electrons. The quantitative estimate of drug-likeness (QED) is 0.250. The van der Waals surface area contributed by atoms with Crippen molar-refractivity contribution in [1.29, 1.82) is 0 Å². The zero-order chi connectivity index (χ0) is 22.9. The van der Waals surface area contributed by atoms with Crippen LogP contribution in [0.2, 0.25) is 5.02 Å². The maximum atomic E-state index is 6.81. The van der Waals surface area contributed by atoms with Gasteiger partial charge in [-0.05, 0) is 53.6 Å². The van der Waals surface area contributed by atoms with E-state index in [1.165, 1.54) is 11.1 Å². The zero-order valence-electron chi connectivity index (χ0n) is 18.2. The number of ether oxygens (including phenoxy) is 1. The van der Waals surface area contributed by atoms with Crippen molar-refractivity contribution in [2.75, 3.05) is 4.90 Å². The predicted molar refractivity (Wildman–Crippen MR) is 142 cm³/mol. The number of hydrogen-bond donors (Lipinski definition) is 0. The lowest BCUT2D eigenvalue weighted by molar-refractivity contribution is 0.455. The van der Waals surface area contributed by atoms with E-state index in [2.05, 4.69) is 77.7 Å². The summed E-state index contributed by atoms with van der Waals surface area (Å²) in [4.78, 5) is 4.22.